The Balaban J connectivity index is 4.59. The molecule has 0 aliphatic carbocycles. The van der Waals surface area contributed by atoms with E-state index in [-0.39, 0.29) is 0 Å². The van der Waals surface area contributed by atoms with Crippen molar-refractivity contribution in [1.29, 1.82) is 0 Å². The summed E-state index contributed by atoms with van der Waals surface area (Å²) in [6, 6.07) is 0. The summed E-state index contributed by atoms with van der Waals surface area (Å²) in [6.45, 7) is 4.07. The lowest BCUT2D eigenvalue weighted by Crippen LogP contribution is -2.45. The summed E-state index contributed by atoms with van der Waals surface area (Å²) < 4.78 is 56.2. The Labute approximate surface area is 102 Å². The standard InChI is InChI=1S/C9H14Cl2F4O/c1-6(2,3)7(4,12)16-5-8(10,13)9(11,14)15/h5H2,1-4H3. The molecular weight excluding hydrogens is 271 g/mol. The lowest BCUT2D eigenvalue weighted by molar-refractivity contribution is -0.218. The fraction of sp³-hybridized carbons (Fsp3) is 1.00. The van der Waals surface area contributed by atoms with E-state index in [1.807, 2.05) is 0 Å². The number of hydrogen-bond acceptors (Lipinski definition) is 1. The smallest absolute Gasteiger partial charge is 0.341 e. The van der Waals surface area contributed by atoms with E-state index in [0.29, 0.717) is 0 Å². The molecule has 0 aliphatic heterocycles. The van der Waals surface area contributed by atoms with Crippen molar-refractivity contribution in [3.8, 4) is 0 Å². The van der Waals surface area contributed by atoms with Gasteiger partial charge >= 0.3 is 5.38 Å². The predicted octanol–water partition coefficient (Wildman–Crippen LogP) is 4.47. The van der Waals surface area contributed by atoms with Crippen molar-refractivity contribution in [2.24, 2.45) is 5.41 Å². The summed E-state index contributed by atoms with van der Waals surface area (Å²) in [5, 5.41) is -7.98. The molecule has 0 saturated carbocycles. The SMILES string of the molecule is CC(C)(C)C(C)(F)OCC(F)(Cl)C(F)(F)Cl. The van der Waals surface area contributed by atoms with Gasteiger partial charge in [0.1, 0.15) is 6.61 Å². The summed E-state index contributed by atoms with van der Waals surface area (Å²) in [7, 11) is 0. The third-order valence-electron chi connectivity index (χ3n) is 2.28. The lowest BCUT2D eigenvalue weighted by Gasteiger charge is -2.36. The fourth-order valence-electron chi connectivity index (χ4n) is 0.525. The van der Waals surface area contributed by atoms with Gasteiger partial charge in [-0.25, -0.2) is 8.78 Å². The van der Waals surface area contributed by atoms with Crippen molar-refractivity contribution in [2.45, 2.75) is 44.1 Å². The molecule has 1 nitrogen and oxygen atoms in total. The van der Waals surface area contributed by atoms with Crippen molar-refractivity contribution in [1.82, 2.24) is 0 Å². The highest BCUT2D eigenvalue weighted by molar-refractivity contribution is 6.32. The van der Waals surface area contributed by atoms with Gasteiger partial charge in [-0.05, 0) is 18.5 Å². The van der Waals surface area contributed by atoms with Crippen LogP contribution in [0.2, 0.25) is 0 Å². The van der Waals surface area contributed by atoms with Gasteiger partial charge in [0, 0.05) is 5.41 Å². The van der Waals surface area contributed by atoms with E-state index < -0.39 is 28.4 Å². The number of alkyl halides is 6. The molecule has 0 heterocycles. The van der Waals surface area contributed by atoms with E-state index in [4.69, 9.17) is 11.6 Å². The van der Waals surface area contributed by atoms with Gasteiger partial charge in [-0.3, -0.25) is 0 Å². The monoisotopic (exact) mass is 284 g/mol. The number of rotatable bonds is 4. The minimum Gasteiger partial charge on any atom is -0.341 e. The zero-order chi connectivity index (χ0) is 13.4. The van der Waals surface area contributed by atoms with Gasteiger partial charge in [0.05, 0.1) is 0 Å². The van der Waals surface area contributed by atoms with E-state index in [1.54, 1.807) is 0 Å². The molecule has 0 aromatic heterocycles. The maximum Gasteiger partial charge on any atom is 0.371 e. The molecule has 0 aliphatic rings. The summed E-state index contributed by atoms with van der Waals surface area (Å²) >= 11 is 9.25. The zero-order valence-corrected chi connectivity index (χ0v) is 10.9. The maximum absolute atomic E-state index is 13.8. The molecule has 0 radical (unpaired) electrons. The first-order valence-corrected chi connectivity index (χ1v) is 5.24. The highest BCUT2D eigenvalue weighted by Gasteiger charge is 2.54. The second-order valence-corrected chi connectivity index (χ2v) is 5.73. The molecular formula is C9H14Cl2F4O. The first-order chi connectivity index (χ1) is 6.71. The van der Waals surface area contributed by atoms with E-state index >= 15 is 0 Å². The average Bonchev–Trinajstić information content (AvgIpc) is 1.97. The van der Waals surface area contributed by atoms with E-state index in [0.717, 1.165) is 6.92 Å². The zero-order valence-electron chi connectivity index (χ0n) is 9.38. The van der Waals surface area contributed by atoms with Gasteiger partial charge in [-0.2, -0.15) is 8.78 Å². The first kappa shape index (κ1) is 16.3. The van der Waals surface area contributed by atoms with Crippen LogP contribution in [0.15, 0.2) is 0 Å². The van der Waals surface area contributed by atoms with Crippen molar-refractivity contribution in [3.05, 3.63) is 0 Å². The van der Waals surface area contributed by atoms with Crippen LogP contribution in [0.5, 0.6) is 0 Å². The summed E-state index contributed by atoms with van der Waals surface area (Å²) in [6.07, 6.45) is 0. The molecule has 7 heteroatoms. The Morgan fingerprint density at radius 3 is 1.56 bits per heavy atom. The van der Waals surface area contributed by atoms with Crippen LogP contribution in [0, 0.1) is 5.41 Å². The van der Waals surface area contributed by atoms with Crippen LogP contribution < -0.4 is 0 Å². The molecule has 98 valence electrons. The topological polar surface area (TPSA) is 9.23 Å². The maximum atomic E-state index is 13.8. The minimum atomic E-state index is -4.33. The molecule has 16 heavy (non-hydrogen) atoms. The van der Waals surface area contributed by atoms with Gasteiger partial charge in [0.25, 0.3) is 5.13 Å². The predicted molar refractivity (Wildman–Crippen MR) is 55.4 cm³/mol. The van der Waals surface area contributed by atoms with E-state index in [9.17, 15) is 17.6 Å². The van der Waals surface area contributed by atoms with Crippen LogP contribution in [0.4, 0.5) is 17.6 Å². The van der Waals surface area contributed by atoms with Crippen LogP contribution in [0.1, 0.15) is 27.7 Å². The highest BCUT2D eigenvalue weighted by atomic mass is 35.5. The second kappa shape index (κ2) is 4.50. The molecule has 0 aromatic rings. The molecule has 0 bridgehead atoms. The van der Waals surface area contributed by atoms with Crippen LogP contribution >= 0.6 is 23.2 Å². The molecule has 2 atom stereocenters. The molecule has 0 amide bonds. The van der Waals surface area contributed by atoms with Gasteiger partial charge in [-0.1, -0.05) is 32.4 Å². The van der Waals surface area contributed by atoms with Crippen LogP contribution in [-0.2, 0) is 4.74 Å². The normalized spacial score (nSPS) is 21.4. The molecule has 0 saturated heterocycles. The van der Waals surface area contributed by atoms with Gasteiger partial charge < -0.3 is 4.74 Å². The number of halogens is 6. The van der Waals surface area contributed by atoms with Crippen molar-refractivity contribution >= 4 is 23.2 Å². The molecule has 0 fully saturated rings. The second-order valence-electron chi connectivity index (χ2n) is 4.66. The van der Waals surface area contributed by atoms with Gasteiger partial charge in [0.15, 0.2) is 0 Å². The van der Waals surface area contributed by atoms with Crippen LogP contribution in [0.25, 0.3) is 0 Å². The van der Waals surface area contributed by atoms with Crippen molar-refractivity contribution < 1.29 is 22.3 Å². The van der Waals surface area contributed by atoms with Crippen LogP contribution in [-0.4, -0.2) is 23.0 Å². The van der Waals surface area contributed by atoms with Gasteiger partial charge in [-0.15, -0.1) is 0 Å². The Bertz CT molecular complexity index is 217. The minimum absolute atomic E-state index is 1.01. The quantitative estimate of drug-likeness (QED) is 0.547. The first-order valence-electron chi connectivity index (χ1n) is 4.48. The molecule has 0 spiro atoms. The third-order valence-corrected chi connectivity index (χ3v) is 3.02. The summed E-state index contributed by atoms with van der Waals surface area (Å²) in [4.78, 5) is 0. The van der Waals surface area contributed by atoms with Gasteiger partial charge in [0.2, 0.25) is 5.85 Å². The molecule has 2 unspecified atom stereocenters. The fourth-order valence-corrected chi connectivity index (χ4v) is 0.634. The highest BCUT2D eigenvalue weighted by Crippen LogP contribution is 2.42. The summed E-state index contributed by atoms with van der Waals surface area (Å²) in [5.41, 5.74) is -1.01. The van der Waals surface area contributed by atoms with E-state index in [2.05, 4.69) is 16.3 Å². The summed E-state index contributed by atoms with van der Waals surface area (Å²) in [5.74, 6) is -2.30. The Morgan fingerprint density at radius 1 is 0.938 bits per heavy atom. The molecule has 0 N–H and O–H groups in total. The Hall–Kier alpha value is 0.260. The van der Waals surface area contributed by atoms with Crippen molar-refractivity contribution in [3.63, 3.8) is 0 Å². The largest absolute Gasteiger partial charge is 0.371 e. The van der Waals surface area contributed by atoms with Crippen LogP contribution in [0.3, 0.4) is 0 Å². The van der Waals surface area contributed by atoms with Crippen molar-refractivity contribution in [2.75, 3.05) is 6.61 Å². The average molecular weight is 285 g/mol. The number of hydrogen-bond donors (Lipinski definition) is 0. The van der Waals surface area contributed by atoms with E-state index in [1.165, 1.54) is 20.8 Å². The third kappa shape index (κ3) is 3.93. The lowest BCUT2D eigenvalue weighted by atomic mass is 9.88. The molecule has 0 rings (SSSR count). The Kier molecular flexibility index (Phi) is 4.57. The molecule has 0 aromatic carbocycles. The Morgan fingerprint density at radius 2 is 1.31 bits per heavy atom. The number of ether oxygens (including phenoxy) is 1.